The molecule has 0 spiro atoms. The van der Waals surface area contributed by atoms with Crippen LogP contribution in [0, 0.1) is 5.82 Å². The second-order valence-corrected chi connectivity index (χ2v) is 4.92. The third-order valence-corrected chi connectivity index (χ3v) is 3.33. The summed E-state index contributed by atoms with van der Waals surface area (Å²) in [6, 6.07) is 10.5. The molecule has 2 heterocycles. The van der Waals surface area contributed by atoms with Crippen molar-refractivity contribution in [1.82, 2.24) is 9.38 Å². The summed E-state index contributed by atoms with van der Waals surface area (Å²) >= 11 is 3.10. The zero-order valence-electron chi connectivity index (χ0n) is 9.88. The lowest BCUT2D eigenvalue weighted by atomic mass is 10.3. The lowest BCUT2D eigenvalue weighted by Crippen LogP contribution is -1.96. The first-order valence-corrected chi connectivity index (χ1v) is 6.52. The summed E-state index contributed by atoms with van der Waals surface area (Å²) in [7, 11) is 0. The normalized spacial score (nSPS) is 10.8. The van der Waals surface area contributed by atoms with Crippen LogP contribution in [0.4, 0.5) is 4.39 Å². The largest absolute Gasteiger partial charge is 0.487 e. The molecule has 5 heteroatoms. The van der Waals surface area contributed by atoms with Crippen LogP contribution in [0.25, 0.3) is 5.65 Å². The van der Waals surface area contributed by atoms with Gasteiger partial charge in [0.15, 0.2) is 0 Å². The number of aromatic nitrogens is 2. The van der Waals surface area contributed by atoms with Gasteiger partial charge in [0.25, 0.3) is 0 Å². The van der Waals surface area contributed by atoms with E-state index in [0.717, 1.165) is 11.3 Å². The summed E-state index contributed by atoms with van der Waals surface area (Å²) in [5, 5.41) is 0. The molecule has 96 valence electrons. The van der Waals surface area contributed by atoms with Gasteiger partial charge in [-0.25, -0.2) is 9.37 Å². The van der Waals surface area contributed by atoms with Crippen LogP contribution < -0.4 is 4.74 Å². The Bertz CT molecular complexity index is 693. The van der Waals surface area contributed by atoms with Gasteiger partial charge in [0.05, 0.1) is 10.2 Å². The van der Waals surface area contributed by atoms with Crippen LogP contribution in [0.3, 0.4) is 0 Å². The Morgan fingerprint density at radius 2 is 2.16 bits per heavy atom. The maximum Gasteiger partial charge on any atom is 0.141 e. The van der Waals surface area contributed by atoms with Crippen LogP contribution in [0.15, 0.2) is 53.3 Å². The second kappa shape index (κ2) is 5.01. The molecular weight excluding hydrogens is 311 g/mol. The number of hydrogen-bond donors (Lipinski definition) is 0. The Balaban J connectivity index is 1.76. The van der Waals surface area contributed by atoms with Crippen LogP contribution in [0.5, 0.6) is 5.75 Å². The summed E-state index contributed by atoms with van der Waals surface area (Å²) in [5.41, 5.74) is 1.66. The highest BCUT2D eigenvalue weighted by molar-refractivity contribution is 9.10. The number of halogens is 2. The van der Waals surface area contributed by atoms with Gasteiger partial charge in [-0.3, -0.25) is 0 Å². The molecule has 0 fully saturated rings. The number of pyridine rings is 1. The number of imidazole rings is 1. The van der Waals surface area contributed by atoms with Gasteiger partial charge in [0.1, 0.15) is 23.8 Å². The van der Waals surface area contributed by atoms with E-state index < -0.39 is 0 Å². The zero-order valence-corrected chi connectivity index (χ0v) is 11.5. The minimum atomic E-state index is -0.340. The number of nitrogens with zero attached hydrogens (tertiary/aromatic N) is 2. The maximum atomic E-state index is 13.3. The predicted molar refractivity (Wildman–Crippen MR) is 73.6 cm³/mol. The fourth-order valence-corrected chi connectivity index (χ4v) is 2.03. The second-order valence-electron chi connectivity index (χ2n) is 4.06. The standard InChI is InChI=1S/C14H10BrFN2O/c15-12-5-4-11(7-13(12)16)19-9-10-8-18-6-2-1-3-14(18)17-10/h1-8H,9H2. The van der Waals surface area contributed by atoms with Gasteiger partial charge in [-0.05, 0) is 40.2 Å². The molecule has 3 nitrogen and oxygen atoms in total. The molecule has 0 aliphatic rings. The maximum absolute atomic E-state index is 13.3. The van der Waals surface area contributed by atoms with Crippen molar-refractivity contribution in [2.75, 3.05) is 0 Å². The minimum Gasteiger partial charge on any atom is -0.487 e. The van der Waals surface area contributed by atoms with Crippen molar-refractivity contribution in [3.8, 4) is 5.75 Å². The van der Waals surface area contributed by atoms with E-state index in [9.17, 15) is 4.39 Å². The minimum absolute atomic E-state index is 0.308. The van der Waals surface area contributed by atoms with E-state index in [-0.39, 0.29) is 5.82 Å². The quantitative estimate of drug-likeness (QED) is 0.733. The van der Waals surface area contributed by atoms with Crippen molar-refractivity contribution in [2.45, 2.75) is 6.61 Å². The number of benzene rings is 1. The van der Waals surface area contributed by atoms with E-state index in [2.05, 4.69) is 20.9 Å². The SMILES string of the molecule is Fc1cc(OCc2cn3ccccc3n2)ccc1Br. The van der Waals surface area contributed by atoms with Gasteiger partial charge < -0.3 is 9.14 Å². The molecule has 3 rings (SSSR count). The van der Waals surface area contributed by atoms with Crippen LogP contribution >= 0.6 is 15.9 Å². The van der Waals surface area contributed by atoms with Crippen LogP contribution in [0.1, 0.15) is 5.69 Å². The van der Waals surface area contributed by atoms with E-state index >= 15 is 0 Å². The molecule has 3 aromatic rings. The average Bonchev–Trinajstić information content (AvgIpc) is 2.83. The Kier molecular flexibility index (Phi) is 3.21. The summed E-state index contributed by atoms with van der Waals surface area (Å²) in [5.74, 6) is 0.144. The monoisotopic (exact) mass is 320 g/mol. The molecule has 0 bridgehead atoms. The van der Waals surface area contributed by atoms with E-state index in [1.54, 1.807) is 12.1 Å². The fraction of sp³-hybridized carbons (Fsp3) is 0.0714. The van der Waals surface area contributed by atoms with Crippen molar-refractivity contribution in [2.24, 2.45) is 0 Å². The van der Waals surface area contributed by atoms with Crippen LogP contribution in [-0.2, 0) is 6.61 Å². The Morgan fingerprint density at radius 1 is 1.26 bits per heavy atom. The molecule has 0 amide bonds. The van der Waals surface area contributed by atoms with E-state index in [4.69, 9.17) is 4.74 Å². The third-order valence-electron chi connectivity index (χ3n) is 2.69. The van der Waals surface area contributed by atoms with Crippen molar-refractivity contribution in [3.63, 3.8) is 0 Å². The topological polar surface area (TPSA) is 26.5 Å². The van der Waals surface area contributed by atoms with Gasteiger partial charge in [-0.1, -0.05) is 6.07 Å². The average molecular weight is 321 g/mol. The van der Waals surface area contributed by atoms with E-state index in [0.29, 0.717) is 16.8 Å². The first-order valence-electron chi connectivity index (χ1n) is 5.73. The summed E-state index contributed by atoms with van der Waals surface area (Å²) in [4.78, 5) is 4.40. The van der Waals surface area contributed by atoms with Gasteiger partial charge in [0.2, 0.25) is 0 Å². The smallest absolute Gasteiger partial charge is 0.141 e. The molecule has 2 aromatic heterocycles. The van der Waals surface area contributed by atoms with Crippen molar-refractivity contribution >= 4 is 21.6 Å². The molecule has 1 aromatic carbocycles. The van der Waals surface area contributed by atoms with Gasteiger partial charge in [0, 0.05) is 18.5 Å². The van der Waals surface area contributed by atoms with Crippen molar-refractivity contribution in [3.05, 3.63) is 64.8 Å². The van der Waals surface area contributed by atoms with Crippen molar-refractivity contribution < 1.29 is 9.13 Å². The number of ether oxygens (including phenoxy) is 1. The lowest BCUT2D eigenvalue weighted by Gasteiger charge is -2.04. The van der Waals surface area contributed by atoms with Gasteiger partial charge >= 0.3 is 0 Å². The summed E-state index contributed by atoms with van der Waals surface area (Å²) in [6.45, 7) is 0.308. The highest BCUT2D eigenvalue weighted by Crippen LogP contribution is 2.21. The molecule has 0 aliphatic carbocycles. The lowest BCUT2D eigenvalue weighted by molar-refractivity contribution is 0.300. The van der Waals surface area contributed by atoms with Gasteiger partial charge in [-0.15, -0.1) is 0 Å². The Labute approximate surface area is 117 Å². The number of hydrogen-bond acceptors (Lipinski definition) is 2. The first-order chi connectivity index (χ1) is 9.22. The predicted octanol–water partition coefficient (Wildman–Crippen LogP) is 3.81. The zero-order chi connectivity index (χ0) is 13.2. The number of rotatable bonds is 3. The first kappa shape index (κ1) is 12.2. The Hall–Kier alpha value is -1.88. The van der Waals surface area contributed by atoms with Gasteiger partial charge in [-0.2, -0.15) is 0 Å². The Morgan fingerprint density at radius 3 is 2.95 bits per heavy atom. The number of fused-ring (bicyclic) bond motifs is 1. The van der Waals surface area contributed by atoms with Crippen LogP contribution in [-0.4, -0.2) is 9.38 Å². The molecule has 0 unspecified atom stereocenters. The molecular formula is C14H10BrFN2O. The van der Waals surface area contributed by atoms with Crippen LogP contribution in [0.2, 0.25) is 0 Å². The fourth-order valence-electron chi connectivity index (χ4n) is 1.78. The third kappa shape index (κ3) is 2.61. The molecule has 0 saturated heterocycles. The molecule has 0 N–H and O–H groups in total. The molecule has 19 heavy (non-hydrogen) atoms. The van der Waals surface area contributed by atoms with Crippen molar-refractivity contribution in [1.29, 1.82) is 0 Å². The molecule has 0 radical (unpaired) electrons. The van der Waals surface area contributed by atoms with E-state index in [1.807, 2.05) is 35.0 Å². The highest BCUT2D eigenvalue weighted by atomic mass is 79.9. The molecule has 0 aliphatic heterocycles. The summed E-state index contributed by atoms with van der Waals surface area (Å²) < 4.78 is 21.2. The molecule has 0 saturated carbocycles. The molecule has 0 atom stereocenters. The van der Waals surface area contributed by atoms with E-state index in [1.165, 1.54) is 6.07 Å². The summed E-state index contributed by atoms with van der Waals surface area (Å²) in [6.07, 6.45) is 3.82. The highest BCUT2D eigenvalue weighted by Gasteiger charge is 2.04.